The molecule has 30 heavy (non-hydrogen) atoms. The molecule has 10 heteroatoms. The maximum Gasteiger partial charge on any atom is 0.408 e. The molecule has 1 N–H and O–H groups in total. The molecule has 1 aromatic heterocycles. The van der Waals surface area contributed by atoms with Crippen LogP contribution in [0.1, 0.15) is 45.1 Å². The first kappa shape index (κ1) is 20.6. The number of carbonyl (C=O) groups is 3. The van der Waals surface area contributed by atoms with E-state index >= 15 is 0 Å². The van der Waals surface area contributed by atoms with Crippen LogP contribution in [0.25, 0.3) is 0 Å². The average Bonchev–Trinajstić information content (AvgIpc) is 3.37. The summed E-state index contributed by atoms with van der Waals surface area (Å²) in [5, 5.41) is 6.50. The Morgan fingerprint density at radius 2 is 1.87 bits per heavy atom. The Labute approximate surface area is 176 Å². The maximum atomic E-state index is 13.1. The predicted octanol–water partition coefficient (Wildman–Crippen LogP) is 1.34. The molecule has 0 bridgehead atoms. The normalized spacial score (nSPS) is 20.9. The van der Waals surface area contributed by atoms with Crippen LogP contribution in [0.2, 0.25) is 0 Å². The second-order valence-corrected chi connectivity index (χ2v) is 9.21. The summed E-state index contributed by atoms with van der Waals surface area (Å²) >= 11 is 0. The lowest BCUT2D eigenvalue weighted by Gasteiger charge is -2.40. The lowest BCUT2D eigenvalue weighted by Crippen LogP contribution is -2.59. The van der Waals surface area contributed by atoms with Gasteiger partial charge in [0, 0.05) is 26.2 Å². The van der Waals surface area contributed by atoms with Gasteiger partial charge in [0.2, 0.25) is 5.91 Å². The van der Waals surface area contributed by atoms with Gasteiger partial charge in [0.1, 0.15) is 17.5 Å². The molecular weight excluding hydrogens is 388 g/mol. The van der Waals surface area contributed by atoms with Crippen LogP contribution >= 0.6 is 0 Å². The Morgan fingerprint density at radius 1 is 1.20 bits per heavy atom. The molecule has 3 amide bonds. The highest BCUT2D eigenvalue weighted by Crippen LogP contribution is 2.34. The molecule has 1 saturated carbocycles. The minimum absolute atomic E-state index is 0.0675. The summed E-state index contributed by atoms with van der Waals surface area (Å²) < 4.78 is 6.96. The summed E-state index contributed by atoms with van der Waals surface area (Å²) in [5.41, 5.74) is 0.272. The van der Waals surface area contributed by atoms with Crippen LogP contribution in [0, 0.1) is 12.8 Å². The number of alkyl carbamates (subject to hydrolysis) is 1. The molecule has 3 heterocycles. The Morgan fingerprint density at radius 3 is 2.43 bits per heavy atom. The molecule has 1 atom stereocenters. The van der Waals surface area contributed by atoms with E-state index in [4.69, 9.17) is 4.74 Å². The number of nitrogens with zero attached hydrogens (tertiary/aromatic N) is 5. The second-order valence-electron chi connectivity index (χ2n) is 9.21. The second kappa shape index (κ2) is 7.57. The number of imidazole rings is 1. The molecule has 2 fully saturated rings. The number of amides is 3. The molecular formula is C20H30N6O4. The third-order valence-corrected chi connectivity index (χ3v) is 5.68. The van der Waals surface area contributed by atoms with E-state index in [0.29, 0.717) is 38.5 Å². The topological polar surface area (TPSA) is 100 Å². The van der Waals surface area contributed by atoms with Gasteiger partial charge in [0.15, 0.2) is 0 Å². The Balaban J connectivity index is 1.33. The van der Waals surface area contributed by atoms with Crippen molar-refractivity contribution in [2.45, 2.75) is 58.7 Å². The molecule has 164 valence electrons. The van der Waals surface area contributed by atoms with Gasteiger partial charge < -0.3 is 15.0 Å². The van der Waals surface area contributed by atoms with Gasteiger partial charge in [-0.25, -0.2) is 24.1 Å². The Hall–Kier alpha value is -2.62. The molecule has 0 spiro atoms. The molecule has 0 radical (unpaired) electrons. The molecule has 10 nitrogen and oxygen atoms in total. The first-order valence-corrected chi connectivity index (χ1v) is 10.5. The monoisotopic (exact) mass is 418 g/mol. The minimum Gasteiger partial charge on any atom is -0.444 e. The van der Waals surface area contributed by atoms with Crippen LogP contribution in [-0.2, 0) is 16.1 Å². The van der Waals surface area contributed by atoms with E-state index in [-0.39, 0.29) is 17.9 Å². The van der Waals surface area contributed by atoms with Crippen molar-refractivity contribution >= 4 is 18.0 Å². The number of ether oxygens (including phenoxy) is 1. The molecule has 3 aliphatic rings. The summed E-state index contributed by atoms with van der Waals surface area (Å²) in [6, 6.07) is -0.642. The number of hydrogen-bond donors (Lipinski definition) is 1. The van der Waals surface area contributed by atoms with Crippen molar-refractivity contribution in [3.8, 4) is 0 Å². The number of hydrogen-bond acceptors (Lipinski definition) is 6. The average molecular weight is 418 g/mol. The number of piperazine rings is 1. The van der Waals surface area contributed by atoms with E-state index in [1.807, 2.05) is 11.9 Å². The third-order valence-electron chi connectivity index (χ3n) is 5.68. The zero-order valence-corrected chi connectivity index (χ0v) is 18.1. The Kier molecular flexibility index (Phi) is 5.21. The van der Waals surface area contributed by atoms with Gasteiger partial charge in [-0.05, 0) is 46.5 Å². The van der Waals surface area contributed by atoms with Crippen LogP contribution in [0.5, 0.6) is 0 Å². The van der Waals surface area contributed by atoms with E-state index in [0.717, 1.165) is 18.5 Å². The van der Waals surface area contributed by atoms with Crippen LogP contribution in [0.3, 0.4) is 0 Å². The molecule has 1 unspecified atom stereocenters. The van der Waals surface area contributed by atoms with Crippen LogP contribution in [-0.4, -0.2) is 80.3 Å². The van der Waals surface area contributed by atoms with E-state index in [2.05, 4.69) is 10.3 Å². The summed E-state index contributed by atoms with van der Waals surface area (Å²) in [6.45, 7) is 9.86. The fraction of sp³-hybridized carbons (Fsp3) is 0.700. The molecule has 2 aliphatic heterocycles. The minimum atomic E-state index is -0.609. The number of fused-ring (bicyclic) bond motifs is 1. The predicted molar refractivity (Wildman–Crippen MR) is 107 cm³/mol. The number of hydrazine groups is 1. The lowest BCUT2D eigenvalue weighted by atomic mass is 10.1. The van der Waals surface area contributed by atoms with Crippen molar-refractivity contribution in [3.05, 3.63) is 17.7 Å². The molecule has 1 aromatic rings. The van der Waals surface area contributed by atoms with Crippen molar-refractivity contribution < 1.29 is 19.1 Å². The summed E-state index contributed by atoms with van der Waals surface area (Å²) in [6.07, 6.45) is 3.04. The summed E-state index contributed by atoms with van der Waals surface area (Å²) in [4.78, 5) is 44.0. The smallest absolute Gasteiger partial charge is 0.408 e. The maximum absolute atomic E-state index is 13.1. The SMILES string of the molecule is Cc1ncc2n1C(=O)N(N1CCN(C(=O)C(NC(=O)OC(C)(C)C)C3CC3)CC1)C2. The third kappa shape index (κ3) is 4.14. The standard InChI is InChI=1S/C20H30N6O4/c1-13-21-11-15-12-25(19(29)26(13)15)24-9-7-23(8-10-24)17(27)16(14-5-6-14)22-18(28)30-20(2,3)4/h11,14,16H,5-10,12H2,1-4H3,(H,22,28). The van der Waals surface area contributed by atoms with Crippen LogP contribution in [0.15, 0.2) is 6.20 Å². The zero-order valence-electron chi connectivity index (χ0n) is 18.1. The first-order valence-electron chi connectivity index (χ1n) is 10.5. The van der Waals surface area contributed by atoms with E-state index in [1.54, 1.807) is 41.4 Å². The number of aryl methyl sites for hydroxylation is 1. The van der Waals surface area contributed by atoms with Gasteiger partial charge in [0.25, 0.3) is 0 Å². The van der Waals surface area contributed by atoms with E-state index in [1.165, 1.54) is 0 Å². The summed E-state index contributed by atoms with van der Waals surface area (Å²) in [7, 11) is 0. The van der Waals surface area contributed by atoms with Crippen molar-refractivity contribution in [3.63, 3.8) is 0 Å². The van der Waals surface area contributed by atoms with E-state index in [9.17, 15) is 14.4 Å². The number of nitrogens with one attached hydrogen (secondary N) is 1. The van der Waals surface area contributed by atoms with Crippen molar-refractivity contribution in [2.24, 2.45) is 5.92 Å². The fourth-order valence-electron chi connectivity index (χ4n) is 4.02. The van der Waals surface area contributed by atoms with Crippen molar-refractivity contribution in [1.82, 2.24) is 29.8 Å². The summed E-state index contributed by atoms with van der Waals surface area (Å²) in [5.74, 6) is 0.790. The van der Waals surface area contributed by atoms with Gasteiger partial charge in [-0.2, -0.15) is 0 Å². The molecule has 4 rings (SSSR count). The van der Waals surface area contributed by atoms with Crippen molar-refractivity contribution in [1.29, 1.82) is 0 Å². The molecule has 1 aliphatic carbocycles. The highest BCUT2D eigenvalue weighted by molar-refractivity contribution is 5.86. The quantitative estimate of drug-likeness (QED) is 0.792. The van der Waals surface area contributed by atoms with Gasteiger partial charge in [-0.1, -0.05) is 0 Å². The van der Waals surface area contributed by atoms with Gasteiger partial charge >= 0.3 is 12.1 Å². The van der Waals surface area contributed by atoms with Gasteiger partial charge in [0.05, 0.1) is 18.4 Å². The zero-order chi connectivity index (χ0) is 21.6. The fourth-order valence-corrected chi connectivity index (χ4v) is 4.02. The van der Waals surface area contributed by atoms with Crippen LogP contribution < -0.4 is 5.32 Å². The largest absolute Gasteiger partial charge is 0.444 e. The van der Waals surface area contributed by atoms with Gasteiger partial charge in [-0.3, -0.25) is 9.80 Å². The molecule has 1 saturated heterocycles. The van der Waals surface area contributed by atoms with E-state index < -0.39 is 17.7 Å². The number of rotatable bonds is 4. The molecule has 0 aromatic carbocycles. The highest BCUT2D eigenvalue weighted by Gasteiger charge is 2.42. The lowest BCUT2D eigenvalue weighted by molar-refractivity contribution is -0.138. The highest BCUT2D eigenvalue weighted by atomic mass is 16.6. The first-order chi connectivity index (χ1) is 14.1. The van der Waals surface area contributed by atoms with Crippen LogP contribution in [0.4, 0.5) is 9.59 Å². The Bertz CT molecular complexity index is 848. The van der Waals surface area contributed by atoms with Crippen molar-refractivity contribution in [2.75, 3.05) is 26.2 Å². The number of aromatic nitrogens is 2. The number of carbonyl (C=O) groups excluding carboxylic acids is 3. The van der Waals surface area contributed by atoms with Gasteiger partial charge in [-0.15, -0.1) is 0 Å².